The molecule has 30 heavy (non-hydrogen) atoms. The molecule has 1 heterocycles. The number of halogens is 1. The Labute approximate surface area is 174 Å². The number of nitrogens with one attached hydrogen (secondary N) is 1. The van der Waals surface area contributed by atoms with Gasteiger partial charge in [-0.05, 0) is 39.0 Å². The van der Waals surface area contributed by atoms with Gasteiger partial charge in [-0.2, -0.15) is 0 Å². The van der Waals surface area contributed by atoms with Crippen LogP contribution in [0.2, 0.25) is 0 Å². The first-order valence-electron chi connectivity index (χ1n) is 9.75. The Balaban J connectivity index is 2.18. The normalized spacial score (nSPS) is 11.3. The Bertz CT molecular complexity index is 1030. The summed E-state index contributed by atoms with van der Waals surface area (Å²) in [6.45, 7) is 5.75. The van der Waals surface area contributed by atoms with Gasteiger partial charge in [-0.15, -0.1) is 0 Å². The molecule has 2 aromatic rings. The molecule has 0 spiro atoms. The molecule has 160 valence electrons. The lowest BCUT2D eigenvalue weighted by atomic mass is 10.1. The van der Waals surface area contributed by atoms with Crippen LogP contribution in [0.3, 0.4) is 0 Å². The Kier molecular flexibility index (Phi) is 8.41. The molecule has 7 nitrogen and oxygen atoms in total. The maximum atomic E-state index is 12.8. The lowest BCUT2D eigenvalue weighted by Crippen LogP contribution is -2.25. The van der Waals surface area contributed by atoms with E-state index in [1.165, 1.54) is 13.1 Å². The zero-order valence-electron chi connectivity index (χ0n) is 17.3. The Morgan fingerprint density at radius 1 is 1.27 bits per heavy atom. The molecule has 0 saturated heterocycles. The van der Waals surface area contributed by atoms with E-state index in [1.807, 2.05) is 6.92 Å². The summed E-state index contributed by atoms with van der Waals surface area (Å²) in [4.78, 5) is 36.4. The molecule has 1 aromatic heterocycles. The lowest BCUT2D eigenvalue weighted by molar-refractivity contribution is 0.0524. The molecular weight excluding hydrogens is 391 g/mol. The van der Waals surface area contributed by atoms with Crippen molar-refractivity contribution in [3.8, 4) is 11.8 Å². The average molecular weight is 416 g/mol. The SMILES string of the molecule is CCOC(=O)c1cn(CC)c2ccc(C#CCNC(=O)OCCC(C)F)cc2c1=O. The number of amides is 1. The van der Waals surface area contributed by atoms with Crippen LogP contribution in [0, 0.1) is 11.8 Å². The Morgan fingerprint density at radius 2 is 2.03 bits per heavy atom. The van der Waals surface area contributed by atoms with Gasteiger partial charge in [0.05, 0.1) is 25.3 Å². The van der Waals surface area contributed by atoms with E-state index in [0.29, 0.717) is 23.0 Å². The second kappa shape index (κ2) is 11.0. The van der Waals surface area contributed by atoms with E-state index in [4.69, 9.17) is 9.47 Å². The van der Waals surface area contributed by atoms with E-state index < -0.39 is 23.7 Å². The molecule has 1 amide bonds. The topological polar surface area (TPSA) is 86.6 Å². The smallest absolute Gasteiger partial charge is 0.407 e. The molecule has 0 fully saturated rings. The fraction of sp³-hybridized carbons (Fsp3) is 0.409. The number of carbonyl (C=O) groups excluding carboxylic acids is 2. The van der Waals surface area contributed by atoms with Crippen molar-refractivity contribution in [2.45, 2.75) is 39.9 Å². The summed E-state index contributed by atoms with van der Waals surface area (Å²) in [6, 6.07) is 5.13. The number of benzene rings is 1. The number of carbonyl (C=O) groups is 2. The molecule has 0 aliphatic rings. The fourth-order valence-corrected chi connectivity index (χ4v) is 2.72. The predicted octanol–water partition coefficient (Wildman–Crippen LogP) is 3.02. The van der Waals surface area contributed by atoms with Gasteiger partial charge >= 0.3 is 12.1 Å². The highest BCUT2D eigenvalue weighted by Crippen LogP contribution is 2.15. The van der Waals surface area contributed by atoms with Crippen molar-refractivity contribution in [3.63, 3.8) is 0 Å². The third-order valence-corrected chi connectivity index (χ3v) is 4.22. The van der Waals surface area contributed by atoms with Crippen molar-refractivity contribution in [2.24, 2.45) is 0 Å². The van der Waals surface area contributed by atoms with Gasteiger partial charge in [0.1, 0.15) is 11.7 Å². The van der Waals surface area contributed by atoms with Crippen molar-refractivity contribution < 1.29 is 23.5 Å². The van der Waals surface area contributed by atoms with Crippen LogP contribution in [-0.2, 0) is 16.0 Å². The van der Waals surface area contributed by atoms with Gasteiger partial charge < -0.3 is 19.4 Å². The molecule has 1 atom stereocenters. The molecule has 1 N–H and O–H groups in total. The summed E-state index contributed by atoms with van der Waals surface area (Å²) in [6.07, 6.45) is -0.0626. The Hall–Kier alpha value is -3.34. The maximum absolute atomic E-state index is 12.8. The molecule has 8 heteroatoms. The first kappa shape index (κ1) is 22.9. The quantitative estimate of drug-likeness (QED) is 0.554. The number of aryl methyl sites for hydroxylation is 1. The minimum absolute atomic E-state index is 0.00585. The highest BCUT2D eigenvalue weighted by atomic mass is 19.1. The second-order valence-electron chi connectivity index (χ2n) is 6.47. The summed E-state index contributed by atoms with van der Waals surface area (Å²) in [5, 5.41) is 2.81. The summed E-state index contributed by atoms with van der Waals surface area (Å²) >= 11 is 0. The van der Waals surface area contributed by atoms with Crippen LogP contribution < -0.4 is 10.7 Å². The first-order chi connectivity index (χ1) is 14.4. The number of esters is 1. The van der Waals surface area contributed by atoms with Gasteiger partial charge in [-0.3, -0.25) is 4.79 Å². The average Bonchev–Trinajstić information content (AvgIpc) is 2.71. The Morgan fingerprint density at radius 3 is 2.70 bits per heavy atom. The molecule has 2 rings (SSSR count). The standard InChI is InChI=1S/C22H25FN2O5/c1-4-25-14-18(21(27)29-5-2)20(26)17-13-16(8-9-19(17)25)7-6-11-24-22(28)30-12-10-15(3)23/h8-9,13-15H,4-5,10-12H2,1-3H3,(H,24,28). The van der Waals surface area contributed by atoms with Crippen LogP contribution in [0.4, 0.5) is 9.18 Å². The number of rotatable bonds is 7. The highest BCUT2D eigenvalue weighted by Gasteiger charge is 2.16. The number of hydrogen-bond donors (Lipinski definition) is 1. The molecule has 1 unspecified atom stereocenters. The van der Waals surface area contributed by atoms with Crippen LogP contribution in [0.5, 0.6) is 0 Å². The largest absolute Gasteiger partial charge is 0.462 e. The summed E-state index contributed by atoms with van der Waals surface area (Å²) in [7, 11) is 0. The van der Waals surface area contributed by atoms with E-state index in [0.717, 1.165) is 0 Å². The van der Waals surface area contributed by atoms with E-state index in [-0.39, 0.29) is 31.7 Å². The number of fused-ring (bicyclic) bond motifs is 1. The van der Waals surface area contributed by atoms with Gasteiger partial charge in [0, 0.05) is 30.1 Å². The monoisotopic (exact) mass is 416 g/mol. The third-order valence-electron chi connectivity index (χ3n) is 4.22. The highest BCUT2D eigenvalue weighted by molar-refractivity contribution is 5.94. The first-order valence-corrected chi connectivity index (χ1v) is 9.75. The molecule has 0 bridgehead atoms. The van der Waals surface area contributed by atoms with Crippen LogP contribution in [0.25, 0.3) is 10.9 Å². The van der Waals surface area contributed by atoms with Gasteiger partial charge in [0.2, 0.25) is 5.43 Å². The molecule has 1 aromatic carbocycles. The summed E-state index contributed by atoms with van der Waals surface area (Å²) in [5.74, 6) is 4.97. The van der Waals surface area contributed by atoms with E-state index >= 15 is 0 Å². The molecule has 0 aliphatic carbocycles. The number of hydrogen-bond acceptors (Lipinski definition) is 5. The van der Waals surface area contributed by atoms with Crippen molar-refractivity contribution in [2.75, 3.05) is 19.8 Å². The predicted molar refractivity (Wildman–Crippen MR) is 111 cm³/mol. The van der Waals surface area contributed by atoms with Crippen LogP contribution in [-0.4, -0.2) is 42.6 Å². The van der Waals surface area contributed by atoms with Crippen molar-refractivity contribution >= 4 is 23.0 Å². The van der Waals surface area contributed by atoms with Crippen molar-refractivity contribution in [1.82, 2.24) is 9.88 Å². The number of ether oxygens (including phenoxy) is 2. The second-order valence-corrected chi connectivity index (χ2v) is 6.47. The van der Waals surface area contributed by atoms with Crippen molar-refractivity contribution in [1.29, 1.82) is 0 Å². The molecule has 0 radical (unpaired) electrons. The number of alkyl halides is 1. The summed E-state index contributed by atoms with van der Waals surface area (Å²) < 4.78 is 24.2. The lowest BCUT2D eigenvalue weighted by Gasteiger charge is -2.11. The van der Waals surface area contributed by atoms with Crippen LogP contribution in [0.15, 0.2) is 29.2 Å². The van der Waals surface area contributed by atoms with Gasteiger partial charge in [0.15, 0.2) is 0 Å². The van der Waals surface area contributed by atoms with Gasteiger partial charge in [-0.25, -0.2) is 14.0 Å². The van der Waals surface area contributed by atoms with E-state index in [9.17, 15) is 18.8 Å². The molecular formula is C22H25FN2O5. The number of alkyl carbamates (subject to hydrolysis) is 1. The van der Waals surface area contributed by atoms with Crippen molar-refractivity contribution in [3.05, 3.63) is 45.7 Å². The minimum Gasteiger partial charge on any atom is -0.462 e. The van der Waals surface area contributed by atoms with Gasteiger partial charge in [-0.1, -0.05) is 11.8 Å². The van der Waals surface area contributed by atoms with E-state index in [1.54, 1.807) is 29.7 Å². The maximum Gasteiger partial charge on any atom is 0.407 e. The third kappa shape index (κ3) is 6.08. The summed E-state index contributed by atoms with van der Waals surface area (Å²) in [5.41, 5.74) is 0.804. The van der Waals surface area contributed by atoms with E-state index in [2.05, 4.69) is 17.2 Å². The zero-order valence-corrected chi connectivity index (χ0v) is 17.3. The molecule has 0 aliphatic heterocycles. The number of pyridine rings is 1. The minimum atomic E-state index is -1.04. The number of aromatic nitrogens is 1. The zero-order chi connectivity index (χ0) is 22.1. The van der Waals surface area contributed by atoms with Crippen LogP contribution in [0.1, 0.15) is 43.1 Å². The number of nitrogens with zero attached hydrogens (tertiary/aromatic N) is 1. The fourth-order valence-electron chi connectivity index (χ4n) is 2.72. The molecule has 0 saturated carbocycles. The van der Waals surface area contributed by atoms with Gasteiger partial charge in [0.25, 0.3) is 0 Å². The van der Waals surface area contributed by atoms with Crippen LogP contribution >= 0.6 is 0 Å².